The number of allylic oxidation sites excluding steroid dienone is 2. The normalized spacial score (nSPS) is 34.5. The molecule has 0 radical (unpaired) electrons. The molecule has 2 fully saturated rings. The minimum Gasteiger partial charge on any atom is -0.481 e. The average Bonchev–Trinajstić information content (AvgIpc) is 2.93. The van der Waals surface area contributed by atoms with Crippen LogP contribution in [0.25, 0.3) is 0 Å². The van der Waals surface area contributed by atoms with Crippen LogP contribution in [0, 0.1) is 11.8 Å². The van der Waals surface area contributed by atoms with Crippen LogP contribution in [0.1, 0.15) is 38.5 Å². The van der Waals surface area contributed by atoms with Gasteiger partial charge in [-0.25, -0.2) is 0 Å². The van der Waals surface area contributed by atoms with Crippen LogP contribution in [-0.2, 0) is 9.53 Å². The lowest BCUT2D eigenvalue weighted by molar-refractivity contribution is -0.137. The van der Waals surface area contributed by atoms with Crippen molar-refractivity contribution in [1.29, 1.82) is 0 Å². The van der Waals surface area contributed by atoms with Gasteiger partial charge in [-0.15, -0.1) is 0 Å². The fourth-order valence-electron chi connectivity index (χ4n) is 3.19. The molecule has 4 heteroatoms. The minimum atomic E-state index is -0.731. The Kier molecular flexibility index (Phi) is 4.78. The number of carboxylic acids is 1. The van der Waals surface area contributed by atoms with Gasteiger partial charge in [0.2, 0.25) is 0 Å². The highest BCUT2D eigenvalue weighted by Crippen LogP contribution is 2.44. The molecule has 2 aliphatic rings. The molecule has 4 nitrogen and oxygen atoms in total. The third kappa shape index (κ3) is 3.12. The quantitative estimate of drug-likeness (QED) is 0.538. The van der Waals surface area contributed by atoms with Gasteiger partial charge < -0.3 is 14.9 Å². The molecular weight excluding hydrogens is 232 g/mol. The monoisotopic (exact) mass is 254 g/mol. The van der Waals surface area contributed by atoms with Gasteiger partial charge in [0.05, 0.1) is 12.2 Å². The first-order chi connectivity index (χ1) is 8.72. The molecule has 2 rings (SSSR count). The second-order valence-electron chi connectivity index (χ2n) is 5.29. The lowest BCUT2D eigenvalue weighted by Crippen LogP contribution is -2.29. The molecule has 102 valence electrons. The summed E-state index contributed by atoms with van der Waals surface area (Å²) in [4.78, 5) is 10.3. The van der Waals surface area contributed by atoms with Crippen LogP contribution >= 0.6 is 0 Å². The van der Waals surface area contributed by atoms with Gasteiger partial charge in [0.1, 0.15) is 0 Å². The second kappa shape index (κ2) is 6.34. The second-order valence-corrected chi connectivity index (χ2v) is 5.29. The molecule has 2 aliphatic heterocycles. The zero-order valence-electron chi connectivity index (χ0n) is 10.6. The van der Waals surface area contributed by atoms with E-state index in [1.807, 2.05) is 0 Å². The number of carbonyl (C=O) groups is 1. The van der Waals surface area contributed by atoms with Crippen molar-refractivity contribution in [3.8, 4) is 0 Å². The van der Waals surface area contributed by atoms with Gasteiger partial charge in [-0.05, 0) is 38.0 Å². The highest BCUT2D eigenvalue weighted by molar-refractivity contribution is 5.66. The Bertz CT molecular complexity index is 313. The van der Waals surface area contributed by atoms with E-state index >= 15 is 0 Å². The Morgan fingerprint density at radius 1 is 1.22 bits per heavy atom. The first-order valence-electron chi connectivity index (χ1n) is 6.85. The van der Waals surface area contributed by atoms with E-state index in [1.54, 1.807) is 0 Å². The predicted molar refractivity (Wildman–Crippen MR) is 67.2 cm³/mol. The molecule has 18 heavy (non-hydrogen) atoms. The Balaban J connectivity index is 1.69. The average molecular weight is 254 g/mol. The molecule has 0 amide bonds. The van der Waals surface area contributed by atoms with Crippen molar-refractivity contribution in [2.45, 2.75) is 50.7 Å². The zero-order chi connectivity index (χ0) is 13.0. The molecule has 2 saturated heterocycles. The summed E-state index contributed by atoms with van der Waals surface area (Å²) in [5.41, 5.74) is 0. The maximum absolute atomic E-state index is 10.3. The van der Waals surface area contributed by atoms with Gasteiger partial charge in [0.15, 0.2) is 0 Å². The van der Waals surface area contributed by atoms with E-state index in [2.05, 4.69) is 12.2 Å². The van der Waals surface area contributed by atoms with E-state index in [9.17, 15) is 9.90 Å². The summed E-state index contributed by atoms with van der Waals surface area (Å²) in [6, 6.07) is 0. The van der Waals surface area contributed by atoms with Crippen LogP contribution < -0.4 is 0 Å². The van der Waals surface area contributed by atoms with E-state index in [1.165, 1.54) is 0 Å². The Hall–Kier alpha value is -0.870. The first kappa shape index (κ1) is 13.6. The molecule has 2 heterocycles. The van der Waals surface area contributed by atoms with Gasteiger partial charge in [0.25, 0.3) is 0 Å². The van der Waals surface area contributed by atoms with E-state index < -0.39 is 5.97 Å². The van der Waals surface area contributed by atoms with Gasteiger partial charge in [0, 0.05) is 18.9 Å². The van der Waals surface area contributed by atoms with Gasteiger partial charge in [-0.1, -0.05) is 12.2 Å². The molecule has 0 aliphatic carbocycles. The lowest BCUT2D eigenvalue weighted by Gasteiger charge is -2.25. The lowest BCUT2D eigenvalue weighted by atomic mass is 9.78. The van der Waals surface area contributed by atoms with Crippen molar-refractivity contribution in [3.05, 3.63) is 12.2 Å². The van der Waals surface area contributed by atoms with Crippen LogP contribution in [0.5, 0.6) is 0 Å². The predicted octanol–water partition coefficient (Wildman–Crippen LogP) is 1.97. The molecule has 4 atom stereocenters. The Morgan fingerprint density at radius 2 is 1.94 bits per heavy atom. The summed E-state index contributed by atoms with van der Waals surface area (Å²) >= 11 is 0. The number of aliphatic carboxylic acids is 1. The number of unbranched alkanes of at least 4 members (excludes halogenated alkanes) is 1. The summed E-state index contributed by atoms with van der Waals surface area (Å²) in [6.07, 6.45) is 9.69. The van der Waals surface area contributed by atoms with Crippen LogP contribution in [0.4, 0.5) is 0 Å². The van der Waals surface area contributed by atoms with Gasteiger partial charge in [-0.2, -0.15) is 0 Å². The van der Waals surface area contributed by atoms with Crippen molar-refractivity contribution < 1.29 is 19.7 Å². The summed E-state index contributed by atoms with van der Waals surface area (Å²) in [5.74, 6) is 0.0159. The maximum atomic E-state index is 10.3. The molecule has 2 N–H and O–H groups in total. The Morgan fingerprint density at radius 3 is 2.61 bits per heavy atom. The van der Waals surface area contributed by atoms with Crippen LogP contribution in [0.3, 0.4) is 0 Å². The number of rotatable bonds is 7. The topological polar surface area (TPSA) is 66.8 Å². The smallest absolute Gasteiger partial charge is 0.303 e. The van der Waals surface area contributed by atoms with Crippen LogP contribution in [0.15, 0.2) is 12.2 Å². The van der Waals surface area contributed by atoms with Gasteiger partial charge in [-0.3, -0.25) is 4.79 Å². The van der Waals surface area contributed by atoms with E-state index in [-0.39, 0.29) is 19.1 Å². The summed E-state index contributed by atoms with van der Waals surface area (Å²) in [6.45, 7) is 0.221. The van der Waals surface area contributed by atoms with Crippen molar-refractivity contribution in [2.24, 2.45) is 11.8 Å². The SMILES string of the molecule is O=C(O)CCCC=CC[C@H]1[C@H](CO)[C@@H]2CC[C@H]1O2. The molecule has 0 aromatic rings. The molecular formula is C14H22O4. The molecule has 0 aromatic carbocycles. The minimum absolute atomic E-state index is 0.221. The molecule has 0 aromatic heterocycles. The number of ether oxygens (including phenoxy) is 1. The number of hydrogen-bond donors (Lipinski definition) is 2. The highest BCUT2D eigenvalue weighted by atomic mass is 16.5. The summed E-state index contributed by atoms with van der Waals surface area (Å²) < 4.78 is 5.83. The number of hydrogen-bond acceptors (Lipinski definition) is 3. The number of aliphatic hydroxyl groups excluding tert-OH is 1. The summed E-state index contributed by atoms with van der Waals surface area (Å²) in [7, 11) is 0. The fraction of sp³-hybridized carbons (Fsp3) is 0.786. The molecule has 2 bridgehead atoms. The molecule has 0 saturated carbocycles. The first-order valence-corrected chi connectivity index (χ1v) is 6.85. The van der Waals surface area contributed by atoms with Crippen molar-refractivity contribution in [3.63, 3.8) is 0 Å². The fourth-order valence-corrected chi connectivity index (χ4v) is 3.19. The number of aliphatic hydroxyl groups is 1. The van der Waals surface area contributed by atoms with Gasteiger partial charge >= 0.3 is 5.97 Å². The number of carboxylic acid groups (broad SMARTS) is 1. The van der Waals surface area contributed by atoms with E-state index in [4.69, 9.17) is 9.84 Å². The molecule has 0 spiro atoms. The van der Waals surface area contributed by atoms with Crippen molar-refractivity contribution in [2.75, 3.05) is 6.61 Å². The van der Waals surface area contributed by atoms with E-state index in [0.29, 0.717) is 24.4 Å². The Labute approximate surface area is 108 Å². The van der Waals surface area contributed by atoms with E-state index in [0.717, 1.165) is 25.7 Å². The highest BCUT2D eigenvalue weighted by Gasteiger charge is 2.47. The standard InChI is InChI=1S/C14H22O4/c15-9-11-10(12-7-8-13(11)18-12)5-3-1-2-4-6-14(16)17/h1,3,10-13,15H,2,4-9H2,(H,16,17)/t10-,11-,12+,13-/m0/s1. The molecule has 0 unspecified atom stereocenters. The van der Waals surface area contributed by atoms with Crippen molar-refractivity contribution >= 4 is 5.97 Å². The van der Waals surface area contributed by atoms with Crippen LogP contribution in [0.2, 0.25) is 0 Å². The van der Waals surface area contributed by atoms with Crippen molar-refractivity contribution in [1.82, 2.24) is 0 Å². The third-order valence-corrected chi connectivity index (χ3v) is 4.14. The summed E-state index contributed by atoms with van der Waals surface area (Å²) in [5, 5.41) is 17.9. The van der Waals surface area contributed by atoms with Crippen LogP contribution in [-0.4, -0.2) is 35.0 Å². The third-order valence-electron chi connectivity index (χ3n) is 4.14. The maximum Gasteiger partial charge on any atom is 0.303 e. The largest absolute Gasteiger partial charge is 0.481 e. The number of fused-ring (bicyclic) bond motifs is 2. The zero-order valence-corrected chi connectivity index (χ0v) is 10.6.